The van der Waals surface area contributed by atoms with Gasteiger partial charge in [-0.3, -0.25) is 19.3 Å². The van der Waals surface area contributed by atoms with Crippen molar-refractivity contribution in [3.63, 3.8) is 0 Å². The van der Waals surface area contributed by atoms with E-state index in [4.69, 9.17) is 9.47 Å². The minimum Gasteiger partial charge on any atom is -0.496 e. The number of hydrogen-bond acceptors (Lipinski definition) is 7. The lowest BCUT2D eigenvalue weighted by Gasteiger charge is -2.30. The van der Waals surface area contributed by atoms with E-state index in [0.717, 1.165) is 44.4 Å². The number of nitrogens with one attached hydrogen (secondary N) is 1. The van der Waals surface area contributed by atoms with Crippen molar-refractivity contribution < 1.29 is 46.9 Å². The number of halogens is 4. The fourth-order valence-electron chi connectivity index (χ4n) is 6.02. The topological polar surface area (TPSA) is 129 Å². The second kappa shape index (κ2) is 15.7. The average molecular weight is 814 g/mol. The van der Waals surface area contributed by atoms with Crippen molar-refractivity contribution in [3.05, 3.63) is 100 Å². The Balaban J connectivity index is 1.59. The molecule has 1 aliphatic heterocycles. The fourth-order valence-corrected chi connectivity index (χ4v) is 6.40. The highest BCUT2D eigenvalue weighted by Crippen LogP contribution is 2.38. The van der Waals surface area contributed by atoms with Crippen molar-refractivity contribution in [1.29, 1.82) is 0 Å². The number of aliphatic hydroxyl groups is 1. The standard InChI is InChI=1S/C39H40BrF3N4O7/c1-22(45(5)37(52)54-38(2,3)4)34(49)44-29-21-47(35(50)24-13-11-23(12-14-24)33(48)39(41,42)43)31-10-8-7-9-30(31)46(36(29)51)20-28-27-17-16-26(40)19-25(27)15-18-32(28)53-6/h7-19,22,29,33,48H,20-21H2,1-6H3,(H,44,49)/t22?,29-,33-/m0/s1. The van der Waals surface area contributed by atoms with Gasteiger partial charge in [0.25, 0.3) is 11.8 Å². The molecule has 0 aliphatic carbocycles. The van der Waals surface area contributed by atoms with E-state index in [1.165, 1.54) is 30.9 Å². The van der Waals surface area contributed by atoms with E-state index in [0.29, 0.717) is 17.0 Å². The lowest BCUT2D eigenvalue weighted by Crippen LogP contribution is -2.57. The van der Waals surface area contributed by atoms with Gasteiger partial charge >= 0.3 is 12.3 Å². The number of nitrogens with zero attached hydrogens (tertiary/aromatic N) is 3. The minimum absolute atomic E-state index is 0.0340. The van der Waals surface area contributed by atoms with E-state index in [-0.39, 0.29) is 24.3 Å². The third-order valence-corrected chi connectivity index (χ3v) is 9.46. The molecule has 0 saturated carbocycles. The number of aliphatic hydroxyl groups excluding tert-OH is 1. The van der Waals surface area contributed by atoms with Crippen LogP contribution < -0.4 is 19.9 Å². The van der Waals surface area contributed by atoms with Gasteiger partial charge in [0.2, 0.25) is 5.91 Å². The molecule has 3 atom stereocenters. The van der Waals surface area contributed by atoms with Crippen molar-refractivity contribution in [2.24, 2.45) is 0 Å². The van der Waals surface area contributed by atoms with E-state index in [2.05, 4.69) is 21.2 Å². The van der Waals surface area contributed by atoms with Gasteiger partial charge < -0.3 is 29.7 Å². The van der Waals surface area contributed by atoms with Gasteiger partial charge in [-0.25, -0.2) is 4.79 Å². The molecule has 1 unspecified atom stereocenters. The number of alkyl halides is 3. The van der Waals surface area contributed by atoms with E-state index >= 15 is 0 Å². The number of anilines is 2. The smallest absolute Gasteiger partial charge is 0.418 e. The number of hydrogen-bond donors (Lipinski definition) is 2. The summed E-state index contributed by atoms with van der Waals surface area (Å²) in [5.41, 5.74) is -0.0884. The third-order valence-electron chi connectivity index (χ3n) is 8.97. The molecule has 0 bridgehead atoms. The van der Waals surface area contributed by atoms with Gasteiger partial charge in [-0.2, -0.15) is 13.2 Å². The highest BCUT2D eigenvalue weighted by atomic mass is 79.9. The van der Waals surface area contributed by atoms with Crippen molar-refractivity contribution in [2.75, 3.05) is 30.5 Å². The van der Waals surface area contributed by atoms with Gasteiger partial charge in [-0.15, -0.1) is 0 Å². The molecule has 286 valence electrons. The van der Waals surface area contributed by atoms with Crippen LogP contribution in [0, 0.1) is 0 Å². The van der Waals surface area contributed by atoms with E-state index in [9.17, 15) is 37.5 Å². The first kappa shape index (κ1) is 40.0. The zero-order chi connectivity index (χ0) is 39.7. The van der Waals surface area contributed by atoms with Gasteiger partial charge in [0.05, 0.1) is 31.6 Å². The van der Waals surface area contributed by atoms with Crippen molar-refractivity contribution >= 4 is 61.9 Å². The number of methoxy groups -OCH3 is 1. The molecule has 0 aromatic heterocycles. The molecule has 0 spiro atoms. The minimum atomic E-state index is -4.91. The van der Waals surface area contributed by atoms with Gasteiger partial charge in [0.15, 0.2) is 6.10 Å². The number of likely N-dealkylation sites (N-methyl/N-ethyl adjacent to an activating group) is 1. The monoisotopic (exact) mass is 812 g/mol. The van der Waals surface area contributed by atoms with Crippen LogP contribution >= 0.6 is 15.9 Å². The van der Waals surface area contributed by atoms with E-state index in [1.807, 2.05) is 24.3 Å². The van der Waals surface area contributed by atoms with E-state index in [1.54, 1.807) is 51.1 Å². The van der Waals surface area contributed by atoms with Gasteiger partial charge in [0, 0.05) is 22.6 Å². The van der Waals surface area contributed by atoms with Crippen LogP contribution in [0.2, 0.25) is 0 Å². The molecule has 0 radical (unpaired) electrons. The van der Waals surface area contributed by atoms with Crippen molar-refractivity contribution in [3.8, 4) is 5.75 Å². The molecule has 15 heteroatoms. The first-order valence-corrected chi connectivity index (χ1v) is 17.7. The quantitative estimate of drug-likeness (QED) is 0.194. The lowest BCUT2D eigenvalue weighted by molar-refractivity contribution is -0.206. The molecular formula is C39H40BrF3N4O7. The number of ether oxygens (including phenoxy) is 2. The molecule has 54 heavy (non-hydrogen) atoms. The predicted octanol–water partition coefficient (Wildman–Crippen LogP) is 7.14. The SMILES string of the molecule is COc1ccc2cc(Br)ccc2c1CN1C(=O)[C@@H](NC(=O)C(C)N(C)C(=O)OC(C)(C)C)CN(C(=O)c2ccc([C@H](O)C(F)(F)F)cc2)c2ccccc21. The second-order valence-electron chi connectivity index (χ2n) is 13.8. The largest absolute Gasteiger partial charge is 0.496 e. The van der Waals surface area contributed by atoms with Crippen molar-refractivity contribution in [2.45, 2.75) is 64.2 Å². The highest BCUT2D eigenvalue weighted by Gasteiger charge is 2.41. The first-order chi connectivity index (χ1) is 25.3. The second-order valence-corrected chi connectivity index (χ2v) is 14.8. The number of para-hydroxylation sites is 2. The van der Waals surface area contributed by atoms with Gasteiger partial charge in [0.1, 0.15) is 23.4 Å². The Kier molecular flexibility index (Phi) is 11.6. The maximum Gasteiger partial charge on any atom is 0.418 e. The van der Waals surface area contributed by atoms with Crippen LogP contribution in [0.15, 0.2) is 83.3 Å². The van der Waals surface area contributed by atoms with Crippen molar-refractivity contribution in [1.82, 2.24) is 10.2 Å². The maximum atomic E-state index is 14.8. The van der Waals surface area contributed by atoms with Crippen LogP contribution in [0.5, 0.6) is 5.75 Å². The number of carbonyl (C=O) groups excluding carboxylic acids is 4. The summed E-state index contributed by atoms with van der Waals surface area (Å²) in [6.45, 7) is 6.08. The zero-order valence-corrected chi connectivity index (χ0v) is 32.0. The Labute approximate surface area is 318 Å². The molecule has 2 N–H and O–H groups in total. The summed E-state index contributed by atoms with van der Waals surface area (Å²) in [6, 6.07) is 17.8. The summed E-state index contributed by atoms with van der Waals surface area (Å²) in [6.07, 6.45) is -8.43. The molecule has 4 aromatic carbocycles. The zero-order valence-electron chi connectivity index (χ0n) is 30.4. The summed E-state index contributed by atoms with van der Waals surface area (Å²) in [5.74, 6) is -1.49. The Morgan fingerprint density at radius 3 is 2.26 bits per heavy atom. The third kappa shape index (κ3) is 8.63. The van der Waals surface area contributed by atoms with Crippen LogP contribution in [0.1, 0.15) is 55.3 Å². The number of carbonyl (C=O) groups is 4. The Bertz CT molecular complexity index is 2070. The number of rotatable bonds is 8. The molecule has 0 saturated heterocycles. The molecule has 1 heterocycles. The van der Waals surface area contributed by atoms with Crippen LogP contribution in [0.25, 0.3) is 10.8 Å². The Hall–Kier alpha value is -5.15. The normalized spacial score (nSPS) is 15.9. The summed E-state index contributed by atoms with van der Waals surface area (Å²) in [4.78, 5) is 59.4. The maximum absolute atomic E-state index is 14.8. The molecule has 4 aromatic rings. The molecular weight excluding hydrogens is 773 g/mol. The summed E-state index contributed by atoms with van der Waals surface area (Å²) < 4.78 is 51.6. The molecule has 4 amide bonds. The molecule has 5 rings (SSSR count). The van der Waals surface area contributed by atoms with Crippen LogP contribution in [0.3, 0.4) is 0 Å². The van der Waals surface area contributed by atoms with Crippen LogP contribution in [-0.4, -0.2) is 78.4 Å². The number of fused-ring (bicyclic) bond motifs is 2. The van der Waals surface area contributed by atoms with Crippen LogP contribution in [-0.2, 0) is 20.9 Å². The highest BCUT2D eigenvalue weighted by molar-refractivity contribution is 9.10. The molecule has 1 aliphatic rings. The van der Waals surface area contributed by atoms with Gasteiger partial charge in [-0.1, -0.05) is 52.3 Å². The summed E-state index contributed by atoms with van der Waals surface area (Å²) in [5, 5.41) is 14.1. The molecule has 11 nitrogen and oxygen atoms in total. The Morgan fingerprint density at radius 2 is 1.65 bits per heavy atom. The Morgan fingerprint density at radius 1 is 1.00 bits per heavy atom. The van der Waals surface area contributed by atoms with Gasteiger partial charge in [-0.05, 0) is 86.5 Å². The number of amides is 4. The average Bonchev–Trinajstić information content (AvgIpc) is 3.23. The first-order valence-electron chi connectivity index (χ1n) is 16.9. The molecule has 0 fully saturated rings. The summed E-state index contributed by atoms with van der Waals surface area (Å²) >= 11 is 3.50. The summed E-state index contributed by atoms with van der Waals surface area (Å²) in [7, 11) is 2.89. The van der Waals surface area contributed by atoms with Crippen LogP contribution in [0.4, 0.5) is 29.3 Å². The fraction of sp³-hybridized carbons (Fsp3) is 0.333. The predicted molar refractivity (Wildman–Crippen MR) is 200 cm³/mol. The number of benzene rings is 4. The lowest BCUT2D eigenvalue weighted by atomic mass is 10.0. The van der Waals surface area contributed by atoms with E-state index < -0.39 is 59.3 Å².